The SMILES string of the molecule is O=c1[nH]/c(=C\c2nc3ccccc3s2)s/c1=C\c1ccc([O-])c([N+](=O)[O-])c1. The average molecular weight is 396 g/mol. The number of hydrogen-bond donors (Lipinski definition) is 1. The number of fused-ring (bicyclic) bond motifs is 1. The summed E-state index contributed by atoms with van der Waals surface area (Å²) >= 11 is 2.73. The molecule has 134 valence electrons. The Hall–Kier alpha value is -3.30. The van der Waals surface area contributed by atoms with Gasteiger partial charge in [0.1, 0.15) is 5.01 Å². The van der Waals surface area contributed by atoms with E-state index in [4.69, 9.17) is 0 Å². The van der Waals surface area contributed by atoms with Crippen molar-refractivity contribution < 1.29 is 10.0 Å². The van der Waals surface area contributed by atoms with Crippen molar-refractivity contribution >= 4 is 50.7 Å². The normalized spacial score (nSPS) is 12.7. The number of H-pyrrole nitrogens is 1. The number of nitro groups is 1. The lowest BCUT2D eigenvalue weighted by molar-refractivity contribution is -0.398. The zero-order valence-corrected chi connectivity index (χ0v) is 15.2. The molecule has 0 radical (unpaired) electrons. The van der Waals surface area contributed by atoms with Gasteiger partial charge in [-0.05, 0) is 29.5 Å². The smallest absolute Gasteiger partial charge is 0.266 e. The highest BCUT2D eigenvalue weighted by Gasteiger charge is 2.07. The fourth-order valence-corrected chi connectivity index (χ4v) is 4.38. The van der Waals surface area contributed by atoms with E-state index in [1.165, 1.54) is 40.9 Å². The molecule has 0 aliphatic heterocycles. The van der Waals surface area contributed by atoms with E-state index in [0.29, 0.717) is 14.8 Å². The van der Waals surface area contributed by atoms with Crippen LogP contribution in [0.3, 0.4) is 0 Å². The summed E-state index contributed by atoms with van der Waals surface area (Å²) in [5.41, 5.74) is 0.490. The molecular weight excluding hydrogens is 386 g/mol. The molecule has 0 spiro atoms. The van der Waals surface area contributed by atoms with Crippen LogP contribution >= 0.6 is 22.7 Å². The van der Waals surface area contributed by atoms with E-state index in [0.717, 1.165) is 21.3 Å². The monoisotopic (exact) mass is 396 g/mol. The van der Waals surface area contributed by atoms with Gasteiger partial charge in [0, 0.05) is 12.1 Å². The van der Waals surface area contributed by atoms with Crippen molar-refractivity contribution in [3.63, 3.8) is 0 Å². The van der Waals surface area contributed by atoms with Crippen LogP contribution < -0.4 is 19.9 Å². The van der Waals surface area contributed by atoms with Crippen LogP contribution in [0.4, 0.5) is 5.69 Å². The molecule has 0 aliphatic rings. The summed E-state index contributed by atoms with van der Waals surface area (Å²) in [7, 11) is 0. The molecule has 0 fully saturated rings. The Bertz CT molecular complexity index is 1320. The number of nitrogens with one attached hydrogen (secondary N) is 1. The topological polar surface area (TPSA) is 112 Å². The molecular formula is C18H10N3O4S2-. The second-order valence-corrected chi connectivity index (χ2v) is 7.72. The molecule has 0 bridgehead atoms. The molecule has 4 aromatic rings. The Labute approximate surface area is 159 Å². The third-order valence-electron chi connectivity index (χ3n) is 3.72. The maximum Gasteiger partial charge on any atom is 0.266 e. The maximum atomic E-state index is 12.2. The third kappa shape index (κ3) is 3.50. The Kier molecular flexibility index (Phi) is 4.30. The molecule has 27 heavy (non-hydrogen) atoms. The number of nitro benzene ring substituents is 1. The first-order valence-electron chi connectivity index (χ1n) is 7.73. The molecule has 0 saturated carbocycles. The van der Waals surface area contributed by atoms with Crippen molar-refractivity contribution in [2.24, 2.45) is 0 Å². The van der Waals surface area contributed by atoms with Gasteiger partial charge in [-0.1, -0.05) is 24.3 Å². The van der Waals surface area contributed by atoms with E-state index >= 15 is 0 Å². The van der Waals surface area contributed by atoms with Crippen LogP contribution in [0.15, 0.2) is 47.3 Å². The Morgan fingerprint density at radius 1 is 1.11 bits per heavy atom. The summed E-state index contributed by atoms with van der Waals surface area (Å²) in [6, 6.07) is 11.5. The summed E-state index contributed by atoms with van der Waals surface area (Å²) in [6.45, 7) is 0. The van der Waals surface area contributed by atoms with Crippen molar-refractivity contribution in [1.29, 1.82) is 0 Å². The first-order valence-corrected chi connectivity index (χ1v) is 9.36. The van der Waals surface area contributed by atoms with Crippen LogP contribution in [-0.2, 0) is 0 Å². The van der Waals surface area contributed by atoms with Crippen molar-refractivity contribution in [2.45, 2.75) is 0 Å². The van der Waals surface area contributed by atoms with Crippen LogP contribution in [0.5, 0.6) is 5.75 Å². The molecule has 1 N–H and O–H groups in total. The van der Waals surface area contributed by atoms with Crippen LogP contribution in [0.1, 0.15) is 10.6 Å². The van der Waals surface area contributed by atoms with Crippen molar-refractivity contribution in [2.75, 3.05) is 0 Å². The molecule has 4 rings (SSSR count). The van der Waals surface area contributed by atoms with Gasteiger partial charge in [-0.25, -0.2) is 4.98 Å². The number of nitrogens with zero attached hydrogens (tertiary/aromatic N) is 2. The summed E-state index contributed by atoms with van der Waals surface area (Å²) < 4.78 is 2.06. The molecule has 0 saturated heterocycles. The van der Waals surface area contributed by atoms with Gasteiger partial charge < -0.3 is 10.1 Å². The van der Waals surface area contributed by atoms with E-state index in [2.05, 4.69) is 9.97 Å². The molecule has 0 amide bonds. The Morgan fingerprint density at radius 2 is 1.93 bits per heavy atom. The fraction of sp³-hybridized carbons (Fsp3) is 0. The highest BCUT2D eigenvalue weighted by atomic mass is 32.1. The molecule has 0 atom stereocenters. The highest BCUT2D eigenvalue weighted by molar-refractivity contribution is 7.19. The van der Waals surface area contributed by atoms with Crippen LogP contribution in [0.25, 0.3) is 22.4 Å². The quantitative estimate of drug-likeness (QED) is 0.418. The molecule has 0 aliphatic carbocycles. The highest BCUT2D eigenvalue weighted by Crippen LogP contribution is 2.24. The van der Waals surface area contributed by atoms with E-state index in [1.807, 2.05) is 24.3 Å². The Morgan fingerprint density at radius 3 is 2.70 bits per heavy atom. The van der Waals surface area contributed by atoms with Gasteiger partial charge in [-0.3, -0.25) is 14.9 Å². The minimum Gasteiger partial charge on any atom is -0.868 e. The molecule has 2 aromatic carbocycles. The van der Waals surface area contributed by atoms with E-state index in [9.17, 15) is 20.0 Å². The minimum absolute atomic E-state index is 0.304. The van der Waals surface area contributed by atoms with Gasteiger partial charge in [-0.15, -0.1) is 22.7 Å². The number of hydrogen-bond acceptors (Lipinski definition) is 7. The maximum absolute atomic E-state index is 12.2. The second kappa shape index (κ2) is 6.78. The number of para-hydroxylation sites is 1. The summed E-state index contributed by atoms with van der Waals surface area (Å²) in [4.78, 5) is 29.6. The summed E-state index contributed by atoms with van der Waals surface area (Å²) in [6.07, 6.45) is 3.31. The van der Waals surface area contributed by atoms with E-state index in [1.54, 1.807) is 6.08 Å². The lowest BCUT2D eigenvalue weighted by Gasteiger charge is -2.05. The van der Waals surface area contributed by atoms with Crippen molar-refractivity contribution in [3.8, 4) is 5.75 Å². The van der Waals surface area contributed by atoms with Crippen molar-refractivity contribution in [3.05, 3.63) is 82.7 Å². The zero-order chi connectivity index (χ0) is 19.0. The predicted octanol–water partition coefficient (Wildman–Crippen LogP) is 1.69. The Balaban J connectivity index is 1.77. The minimum atomic E-state index is -0.731. The second-order valence-electron chi connectivity index (χ2n) is 5.58. The standard InChI is InChI=1S/C18H11N3O4S2/c22-13-6-5-10(7-12(13)21(24)25)8-15-18(23)20-17(27-15)9-16-19-11-3-1-2-4-14(11)26-16/h1-9,22H,(H,20,23)/p-1/b15-8-,17-9+. The first-order chi connectivity index (χ1) is 13.0. The average Bonchev–Trinajstić information content (AvgIpc) is 3.19. The first kappa shape index (κ1) is 17.1. The summed E-state index contributed by atoms with van der Waals surface area (Å²) in [5.74, 6) is -0.665. The molecule has 2 heterocycles. The van der Waals surface area contributed by atoms with Gasteiger partial charge >= 0.3 is 0 Å². The molecule has 0 unspecified atom stereocenters. The molecule has 2 aromatic heterocycles. The van der Waals surface area contributed by atoms with Gasteiger partial charge in [-0.2, -0.15) is 0 Å². The fourth-order valence-electron chi connectivity index (χ4n) is 2.51. The van der Waals surface area contributed by atoms with Crippen molar-refractivity contribution in [1.82, 2.24) is 9.97 Å². The molecule has 9 heteroatoms. The predicted molar refractivity (Wildman–Crippen MR) is 103 cm³/mol. The number of benzene rings is 2. The van der Waals surface area contributed by atoms with E-state index in [-0.39, 0.29) is 5.56 Å². The van der Waals surface area contributed by atoms with Gasteiger partial charge in [0.2, 0.25) is 0 Å². The number of aromatic nitrogens is 2. The third-order valence-corrected chi connectivity index (χ3v) is 5.67. The largest absolute Gasteiger partial charge is 0.868 e. The molecule has 7 nitrogen and oxygen atoms in total. The lowest BCUT2D eigenvalue weighted by atomic mass is 10.2. The van der Waals surface area contributed by atoms with Crippen LogP contribution in [-0.4, -0.2) is 14.9 Å². The van der Waals surface area contributed by atoms with Crippen LogP contribution in [0.2, 0.25) is 0 Å². The lowest BCUT2D eigenvalue weighted by Crippen LogP contribution is -2.19. The number of thiazole rings is 2. The van der Waals surface area contributed by atoms with Gasteiger partial charge in [0.05, 0.1) is 24.3 Å². The van der Waals surface area contributed by atoms with Gasteiger partial charge in [0.25, 0.3) is 11.2 Å². The van der Waals surface area contributed by atoms with E-state index < -0.39 is 16.4 Å². The zero-order valence-electron chi connectivity index (χ0n) is 13.5. The number of aromatic amines is 1. The summed E-state index contributed by atoms with van der Waals surface area (Å²) in [5, 5.41) is 23.1. The number of rotatable bonds is 3. The van der Waals surface area contributed by atoms with Crippen LogP contribution in [0, 0.1) is 10.1 Å². The van der Waals surface area contributed by atoms with Gasteiger partial charge in [0.15, 0.2) is 0 Å².